The van der Waals surface area contributed by atoms with Gasteiger partial charge in [-0.15, -0.1) is 0 Å². The average Bonchev–Trinajstić information content (AvgIpc) is 2.67. The predicted molar refractivity (Wildman–Crippen MR) is 113 cm³/mol. The van der Waals surface area contributed by atoms with Gasteiger partial charge in [0.15, 0.2) is 0 Å². The standard InChI is InChI=1S/C22H33N3O5/c1-15(23-21(28)30-22(2,3)4)20(27)24-17-10-12-25(13-11-17)19(26)14-16-8-6-7-9-18(16)29-5/h6-9,15,17H,10-14H2,1-5H3,(H,23,28)(H,24,27). The van der Waals surface area contributed by atoms with Gasteiger partial charge in [0, 0.05) is 24.7 Å². The second kappa shape index (κ2) is 10.3. The van der Waals surface area contributed by atoms with Crippen molar-refractivity contribution in [2.24, 2.45) is 0 Å². The van der Waals surface area contributed by atoms with Gasteiger partial charge in [-0.2, -0.15) is 0 Å². The Kier molecular flexibility index (Phi) is 8.08. The van der Waals surface area contributed by atoms with Crippen molar-refractivity contribution in [2.45, 2.75) is 64.6 Å². The van der Waals surface area contributed by atoms with E-state index in [1.165, 1.54) is 0 Å². The topological polar surface area (TPSA) is 97.0 Å². The van der Waals surface area contributed by atoms with E-state index in [1.54, 1.807) is 34.8 Å². The monoisotopic (exact) mass is 419 g/mol. The number of para-hydroxylation sites is 1. The van der Waals surface area contributed by atoms with Crippen molar-refractivity contribution in [1.29, 1.82) is 0 Å². The maximum atomic E-state index is 12.6. The molecule has 0 saturated carbocycles. The predicted octanol–water partition coefficient (Wildman–Crippen LogP) is 2.26. The number of hydrogen-bond donors (Lipinski definition) is 2. The number of amides is 3. The molecule has 1 saturated heterocycles. The lowest BCUT2D eigenvalue weighted by Crippen LogP contribution is -2.52. The van der Waals surface area contributed by atoms with Crippen molar-refractivity contribution in [1.82, 2.24) is 15.5 Å². The minimum atomic E-state index is -0.704. The van der Waals surface area contributed by atoms with Gasteiger partial charge in [-0.25, -0.2) is 4.79 Å². The van der Waals surface area contributed by atoms with Gasteiger partial charge in [0.25, 0.3) is 0 Å². The number of benzene rings is 1. The van der Waals surface area contributed by atoms with Gasteiger partial charge < -0.3 is 25.0 Å². The molecular weight excluding hydrogens is 386 g/mol. The molecular formula is C22H33N3O5. The van der Waals surface area contributed by atoms with Crippen LogP contribution in [0.5, 0.6) is 5.75 Å². The Bertz CT molecular complexity index is 751. The van der Waals surface area contributed by atoms with Crippen molar-refractivity contribution in [2.75, 3.05) is 20.2 Å². The Morgan fingerprint density at radius 3 is 2.40 bits per heavy atom. The van der Waals surface area contributed by atoms with Gasteiger partial charge in [-0.1, -0.05) is 18.2 Å². The summed E-state index contributed by atoms with van der Waals surface area (Å²) in [7, 11) is 1.59. The first-order valence-corrected chi connectivity index (χ1v) is 10.3. The summed E-state index contributed by atoms with van der Waals surface area (Å²) in [6, 6.07) is 6.76. The lowest BCUT2D eigenvalue weighted by Gasteiger charge is -2.33. The fourth-order valence-corrected chi connectivity index (χ4v) is 3.27. The third-order valence-electron chi connectivity index (χ3n) is 4.85. The summed E-state index contributed by atoms with van der Waals surface area (Å²) in [5.41, 5.74) is 0.242. The number of rotatable bonds is 6. The number of nitrogens with zero attached hydrogens (tertiary/aromatic N) is 1. The molecule has 0 bridgehead atoms. The molecule has 8 nitrogen and oxygen atoms in total. The molecule has 1 fully saturated rings. The van der Waals surface area contributed by atoms with Crippen molar-refractivity contribution < 1.29 is 23.9 Å². The van der Waals surface area contributed by atoms with E-state index in [-0.39, 0.29) is 24.3 Å². The van der Waals surface area contributed by atoms with Crippen LogP contribution in [0.25, 0.3) is 0 Å². The summed E-state index contributed by atoms with van der Waals surface area (Å²) in [6.07, 6.45) is 1.00. The number of methoxy groups -OCH3 is 1. The molecule has 1 aliphatic heterocycles. The summed E-state index contributed by atoms with van der Waals surface area (Å²) < 4.78 is 10.5. The van der Waals surface area contributed by atoms with Crippen LogP contribution in [0.3, 0.4) is 0 Å². The van der Waals surface area contributed by atoms with Crippen LogP contribution in [-0.4, -0.2) is 60.7 Å². The van der Waals surface area contributed by atoms with E-state index in [4.69, 9.17) is 9.47 Å². The van der Waals surface area contributed by atoms with E-state index >= 15 is 0 Å². The molecule has 1 aliphatic rings. The Morgan fingerprint density at radius 1 is 1.17 bits per heavy atom. The lowest BCUT2D eigenvalue weighted by atomic mass is 10.0. The fourth-order valence-electron chi connectivity index (χ4n) is 3.27. The molecule has 0 spiro atoms. The van der Waals surface area contributed by atoms with Crippen molar-refractivity contribution in [3.8, 4) is 5.75 Å². The van der Waals surface area contributed by atoms with E-state index in [0.717, 1.165) is 5.56 Å². The zero-order chi connectivity index (χ0) is 22.3. The van der Waals surface area contributed by atoms with Crippen molar-refractivity contribution >= 4 is 17.9 Å². The van der Waals surface area contributed by atoms with Gasteiger partial charge in [0.1, 0.15) is 17.4 Å². The van der Waals surface area contributed by atoms with Crippen LogP contribution in [0.4, 0.5) is 4.79 Å². The minimum absolute atomic E-state index is 0.0318. The maximum absolute atomic E-state index is 12.6. The number of nitrogens with one attached hydrogen (secondary N) is 2. The van der Waals surface area contributed by atoms with Gasteiger partial charge in [0.2, 0.25) is 11.8 Å². The molecule has 30 heavy (non-hydrogen) atoms. The highest BCUT2D eigenvalue weighted by Gasteiger charge is 2.27. The molecule has 166 valence electrons. The van der Waals surface area contributed by atoms with Crippen LogP contribution in [0.15, 0.2) is 24.3 Å². The molecule has 0 aliphatic carbocycles. The van der Waals surface area contributed by atoms with Crippen LogP contribution in [-0.2, 0) is 20.7 Å². The Hall–Kier alpha value is -2.77. The SMILES string of the molecule is COc1ccccc1CC(=O)N1CCC(NC(=O)C(C)NC(=O)OC(C)(C)C)CC1. The summed E-state index contributed by atoms with van der Waals surface area (Å²) >= 11 is 0. The van der Waals surface area contributed by atoms with Gasteiger partial charge in [-0.05, 0) is 46.6 Å². The van der Waals surface area contributed by atoms with E-state index in [2.05, 4.69) is 10.6 Å². The minimum Gasteiger partial charge on any atom is -0.496 e. The third-order valence-corrected chi connectivity index (χ3v) is 4.85. The smallest absolute Gasteiger partial charge is 0.408 e. The van der Waals surface area contributed by atoms with Crippen LogP contribution < -0.4 is 15.4 Å². The second-order valence-electron chi connectivity index (χ2n) is 8.52. The Balaban J connectivity index is 1.77. The second-order valence-corrected chi connectivity index (χ2v) is 8.52. The first-order chi connectivity index (χ1) is 14.1. The van der Waals surface area contributed by atoms with Crippen molar-refractivity contribution in [3.63, 3.8) is 0 Å². The van der Waals surface area contributed by atoms with E-state index in [1.807, 2.05) is 29.2 Å². The summed E-state index contributed by atoms with van der Waals surface area (Å²) in [5, 5.41) is 5.49. The van der Waals surface area contributed by atoms with Gasteiger partial charge >= 0.3 is 6.09 Å². The molecule has 2 rings (SSSR count). The van der Waals surface area contributed by atoms with Crippen LogP contribution in [0, 0.1) is 0 Å². The number of carbonyl (C=O) groups excluding carboxylic acids is 3. The maximum Gasteiger partial charge on any atom is 0.408 e. The first kappa shape index (κ1) is 23.5. The third kappa shape index (κ3) is 7.24. The van der Waals surface area contributed by atoms with E-state index in [0.29, 0.717) is 31.7 Å². The summed E-state index contributed by atoms with van der Waals surface area (Å²) in [6.45, 7) is 8.06. The van der Waals surface area contributed by atoms with Gasteiger partial charge in [-0.3, -0.25) is 9.59 Å². The number of likely N-dealkylation sites (tertiary alicyclic amines) is 1. The normalized spacial score (nSPS) is 15.8. The average molecular weight is 420 g/mol. The highest BCUT2D eigenvalue weighted by molar-refractivity contribution is 5.85. The number of carbonyl (C=O) groups is 3. The van der Waals surface area contributed by atoms with Gasteiger partial charge in [0.05, 0.1) is 13.5 Å². The molecule has 1 atom stereocenters. The quantitative estimate of drug-likeness (QED) is 0.737. The molecule has 0 aromatic heterocycles. The first-order valence-electron chi connectivity index (χ1n) is 10.3. The number of piperidine rings is 1. The van der Waals surface area contributed by atoms with E-state index in [9.17, 15) is 14.4 Å². The number of alkyl carbamates (subject to hydrolysis) is 1. The summed E-state index contributed by atoms with van der Waals surface area (Å²) in [4.78, 5) is 38.6. The van der Waals surface area contributed by atoms with Crippen LogP contribution in [0.2, 0.25) is 0 Å². The highest BCUT2D eigenvalue weighted by atomic mass is 16.6. The number of ether oxygens (including phenoxy) is 2. The Labute approximate surface area is 178 Å². The van der Waals surface area contributed by atoms with Crippen LogP contribution in [0.1, 0.15) is 46.1 Å². The highest BCUT2D eigenvalue weighted by Crippen LogP contribution is 2.20. The molecule has 1 aromatic carbocycles. The number of hydrogen-bond acceptors (Lipinski definition) is 5. The molecule has 0 radical (unpaired) electrons. The largest absolute Gasteiger partial charge is 0.496 e. The zero-order valence-electron chi connectivity index (χ0n) is 18.5. The molecule has 1 unspecified atom stereocenters. The van der Waals surface area contributed by atoms with Crippen LogP contribution >= 0.6 is 0 Å². The zero-order valence-corrected chi connectivity index (χ0v) is 18.5. The summed E-state index contributed by atoms with van der Waals surface area (Å²) in [5.74, 6) is 0.489. The molecule has 1 heterocycles. The molecule has 2 N–H and O–H groups in total. The molecule has 3 amide bonds. The fraction of sp³-hybridized carbons (Fsp3) is 0.591. The van der Waals surface area contributed by atoms with Crippen molar-refractivity contribution in [3.05, 3.63) is 29.8 Å². The Morgan fingerprint density at radius 2 is 1.80 bits per heavy atom. The van der Waals surface area contributed by atoms with E-state index < -0.39 is 17.7 Å². The molecule has 1 aromatic rings. The lowest BCUT2D eigenvalue weighted by molar-refractivity contribution is -0.131. The molecule has 8 heteroatoms.